The Labute approximate surface area is 134 Å². The van der Waals surface area contributed by atoms with Crippen LogP contribution in [-0.2, 0) is 6.54 Å². The number of carbonyl (C=O) groups is 1. The molecule has 1 aromatic carbocycles. The van der Waals surface area contributed by atoms with E-state index < -0.39 is 0 Å². The predicted molar refractivity (Wildman–Crippen MR) is 90.4 cm³/mol. The third-order valence-electron chi connectivity index (χ3n) is 3.52. The minimum Gasteiger partial charge on any atom is -0.305 e. The summed E-state index contributed by atoms with van der Waals surface area (Å²) in [6.45, 7) is 2.57. The van der Waals surface area contributed by atoms with Crippen molar-refractivity contribution in [3.8, 4) is 0 Å². The number of amides is 1. The Morgan fingerprint density at radius 1 is 1.26 bits per heavy atom. The molecule has 0 saturated heterocycles. The van der Waals surface area contributed by atoms with Crippen LogP contribution in [0, 0.1) is 6.92 Å². The van der Waals surface area contributed by atoms with Crippen LogP contribution in [0.5, 0.6) is 0 Å². The lowest BCUT2D eigenvalue weighted by Crippen LogP contribution is -2.14. The zero-order valence-corrected chi connectivity index (χ0v) is 13.4. The molecule has 0 aliphatic heterocycles. The van der Waals surface area contributed by atoms with E-state index in [0.29, 0.717) is 17.1 Å². The Morgan fingerprint density at radius 2 is 2.04 bits per heavy atom. The van der Waals surface area contributed by atoms with Crippen molar-refractivity contribution in [1.82, 2.24) is 20.1 Å². The second-order valence-electron chi connectivity index (χ2n) is 5.78. The number of aryl methyl sites for hydroxylation is 1. The lowest BCUT2D eigenvalue weighted by molar-refractivity contribution is 0.102. The van der Waals surface area contributed by atoms with Crippen molar-refractivity contribution in [2.24, 2.45) is 0 Å². The number of benzene rings is 1. The molecule has 23 heavy (non-hydrogen) atoms. The quantitative estimate of drug-likeness (QED) is 0.777. The molecule has 2 heterocycles. The molecule has 0 unspecified atom stereocenters. The number of aromatic nitrogens is 3. The molecule has 0 atom stereocenters. The molecule has 2 N–H and O–H groups in total. The molecule has 0 aliphatic carbocycles. The van der Waals surface area contributed by atoms with Crippen LogP contribution >= 0.6 is 0 Å². The Bertz CT molecular complexity index is 853. The summed E-state index contributed by atoms with van der Waals surface area (Å²) in [6, 6.07) is 11.4. The minimum absolute atomic E-state index is 0.205. The van der Waals surface area contributed by atoms with Gasteiger partial charge in [-0.25, -0.2) is 0 Å². The topological polar surface area (TPSA) is 73.9 Å². The first kappa shape index (κ1) is 15.2. The standard InChI is InChI=1S/C17H19N5O/c1-11-14(8-12-6-4-5-7-15(12)18-11)17(23)19-16-9-13(20-21-16)10-22(2)3/h4-9H,10H2,1-3H3,(H2,19,20,21,23). The van der Waals surface area contributed by atoms with E-state index in [-0.39, 0.29) is 5.91 Å². The number of rotatable bonds is 4. The number of hydrogen-bond acceptors (Lipinski definition) is 4. The molecular weight excluding hydrogens is 290 g/mol. The van der Waals surface area contributed by atoms with Gasteiger partial charge in [0.25, 0.3) is 5.91 Å². The SMILES string of the molecule is Cc1nc2ccccc2cc1C(=O)Nc1cc(CN(C)C)[nH]n1. The van der Waals surface area contributed by atoms with Crippen LogP contribution < -0.4 is 5.32 Å². The minimum atomic E-state index is -0.205. The molecule has 1 amide bonds. The monoisotopic (exact) mass is 309 g/mol. The highest BCUT2D eigenvalue weighted by atomic mass is 16.1. The molecule has 6 heteroatoms. The fraction of sp³-hybridized carbons (Fsp3) is 0.235. The zero-order chi connectivity index (χ0) is 16.4. The molecule has 0 radical (unpaired) electrons. The Kier molecular flexibility index (Phi) is 4.08. The maximum absolute atomic E-state index is 12.5. The van der Waals surface area contributed by atoms with Crippen molar-refractivity contribution in [2.45, 2.75) is 13.5 Å². The van der Waals surface area contributed by atoms with E-state index >= 15 is 0 Å². The van der Waals surface area contributed by atoms with Gasteiger partial charge < -0.3 is 10.2 Å². The van der Waals surface area contributed by atoms with Crippen molar-refractivity contribution in [2.75, 3.05) is 19.4 Å². The maximum atomic E-state index is 12.5. The average Bonchev–Trinajstić information content (AvgIpc) is 2.92. The van der Waals surface area contributed by atoms with Crippen LogP contribution in [0.3, 0.4) is 0 Å². The summed E-state index contributed by atoms with van der Waals surface area (Å²) in [6.07, 6.45) is 0. The Hall–Kier alpha value is -2.73. The van der Waals surface area contributed by atoms with Crippen molar-refractivity contribution in [3.05, 3.63) is 53.3 Å². The van der Waals surface area contributed by atoms with E-state index in [1.165, 1.54) is 0 Å². The van der Waals surface area contributed by atoms with Gasteiger partial charge in [0.05, 0.1) is 22.5 Å². The van der Waals surface area contributed by atoms with E-state index in [4.69, 9.17) is 0 Å². The number of nitrogens with zero attached hydrogens (tertiary/aromatic N) is 3. The van der Waals surface area contributed by atoms with E-state index in [2.05, 4.69) is 20.5 Å². The smallest absolute Gasteiger partial charge is 0.258 e. The number of aromatic amines is 1. The predicted octanol–water partition coefficient (Wildman–Crippen LogP) is 2.58. The van der Waals surface area contributed by atoms with Crippen LogP contribution in [-0.4, -0.2) is 40.1 Å². The molecule has 3 aromatic rings. The van der Waals surface area contributed by atoms with Crippen molar-refractivity contribution < 1.29 is 4.79 Å². The molecule has 118 valence electrons. The van der Waals surface area contributed by atoms with Gasteiger partial charge in [-0.15, -0.1) is 0 Å². The van der Waals surface area contributed by atoms with E-state index in [1.54, 1.807) is 0 Å². The van der Waals surface area contributed by atoms with Gasteiger partial charge in [-0.1, -0.05) is 18.2 Å². The summed E-state index contributed by atoms with van der Waals surface area (Å²) >= 11 is 0. The van der Waals surface area contributed by atoms with Crippen molar-refractivity contribution in [3.63, 3.8) is 0 Å². The molecule has 0 spiro atoms. The van der Waals surface area contributed by atoms with Crippen molar-refractivity contribution in [1.29, 1.82) is 0 Å². The number of hydrogen-bond donors (Lipinski definition) is 2. The molecule has 0 fully saturated rings. The molecule has 0 bridgehead atoms. The van der Waals surface area contributed by atoms with Gasteiger partial charge in [-0.3, -0.25) is 14.9 Å². The highest BCUT2D eigenvalue weighted by molar-refractivity contribution is 6.06. The number of carbonyl (C=O) groups excluding carboxylic acids is 1. The number of anilines is 1. The molecule has 0 saturated carbocycles. The number of fused-ring (bicyclic) bond motifs is 1. The Morgan fingerprint density at radius 3 is 2.83 bits per heavy atom. The second kappa shape index (κ2) is 6.18. The van der Waals surface area contributed by atoms with Crippen molar-refractivity contribution >= 4 is 22.6 Å². The summed E-state index contributed by atoms with van der Waals surface area (Å²) in [4.78, 5) is 19.0. The molecular formula is C17H19N5O. The average molecular weight is 309 g/mol. The second-order valence-corrected chi connectivity index (χ2v) is 5.78. The van der Waals surface area contributed by atoms with Crippen LogP contribution in [0.25, 0.3) is 10.9 Å². The lowest BCUT2D eigenvalue weighted by Gasteiger charge is -2.07. The van der Waals surface area contributed by atoms with E-state index in [0.717, 1.165) is 23.1 Å². The first-order valence-corrected chi connectivity index (χ1v) is 7.39. The summed E-state index contributed by atoms with van der Waals surface area (Å²) < 4.78 is 0. The number of H-pyrrole nitrogens is 1. The number of pyridine rings is 1. The maximum Gasteiger partial charge on any atom is 0.258 e. The first-order valence-electron chi connectivity index (χ1n) is 7.39. The summed E-state index contributed by atoms with van der Waals surface area (Å²) in [5, 5.41) is 10.8. The largest absolute Gasteiger partial charge is 0.305 e. The molecule has 6 nitrogen and oxygen atoms in total. The van der Waals surface area contributed by atoms with Gasteiger partial charge in [0.15, 0.2) is 5.82 Å². The van der Waals surface area contributed by atoms with Gasteiger partial charge in [0.2, 0.25) is 0 Å². The van der Waals surface area contributed by atoms with Crippen LogP contribution in [0.2, 0.25) is 0 Å². The van der Waals surface area contributed by atoms with E-state index in [9.17, 15) is 4.79 Å². The highest BCUT2D eigenvalue weighted by Crippen LogP contribution is 2.17. The van der Waals surface area contributed by atoms with Gasteiger partial charge in [0.1, 0.15) is 0 Å². The third kappa shape index (κ3) is 3.37. The zero-order valence-electron chi connectivity index (χ0n) is 13.4. The van der Waals surface area contributed by atoms with Crippen LogP contribution in [0.4, 0.5) is 5.82 Å². The van der Waals surface area contributed by atoms with Crippen LogP contribution in [0.1, 0.15) is 21.7 Å². The fourth-order valence-corrected chi connectivity index (χ4v) is 2.47. The van der Waals surface area contributed by atoms with Gasteiger partial charge in [-0.2, -0.15) is 5.10 Å². The number of para-hydroxylation sites is 1. The summed E-state index contributed by atoms with van der Waals surface area (Å²) in [5.74, 6) is 0.308. The van der Waals surface area contributed by atoms with Crippen LogP contribution in [0.15, 0.2) is 36.4 Å². The van der Waals surface area contributed by atoms with E-state index in [1.807, 2.05) is 62.3 Å². The molecule has 2 aromatic heterocycles. The third-order valence-corrected chi connectivity index (χ3v) is 3.52. The Balaban J connectivity index is 1.83. The molecule has 3 rings (SSSR count). The highest BCUT2D eigenvalue weighted by Gasteiger charge is 2.13. The summed E-state index contributed by atoms with van der Waals surface area (Å²) in [7, 11) is 3.95. The van der Waals surface area contributed by atoms with Gasteiger partial charge >= 0.3 is 0 Å². The summed E-state index contributed by atoms with van der Waals surface area (Å²) in [5.41, 5.74) is 3.08. The van der Waals surface area contributed by atoms with Gasteiger partial charge in [-0.05, 0) is 33.2 Å². The molecule has 0 aliphatic rings. The van der Waals surface area contributed by atoms with Gasteiger partial charge in [0, 0.05) is 18.0 Å². The number of nitrogens with one attached hydrogen (secondary N) is 2. The fourth-order valence-electron chi connectivity index (χ4n) is 2.47. The normalized spacial score (nSPS) is 11.1. The first-order chi connectivity index (χ1) is 11.0. The lowest BCUT2D eigenvalue weighted by atomic mass is 10.1.